The van der Waals surface area contributed by atoms with E-state index in [1.54, 1.807) is 6.26 Å². The van der Waals surface area contributed by atoms with E-state index in [4.69, 9.17) is 4.52 Å². The Morgan fingerprint density at radius 1 is 1.21 bits per heavy atom. The number of hydrogen-bond donors (Lipinski definition) is 2. The van der Waals surface area contributed by atoms with Gasteiger partial charge in [0.15, 0.2) is 0 Å². The fourth-order valence-electron chi connectivity index (χ4n) is 3.70. The largest absolute Gasteiger partial charge is 0.364 e. The van der Waals surface area contributed by atoms with Crippen LogP contribution in [0.2, 0.25) is 0 Å². The highest BCUT2D eigenvalue weighted by atomic mass is 16.5. The van der Waals surface area contributed by atoms with Crippen LogP contribution in [-0.2, 0) is 6.54 Å². The van der Waals surface area contributed by atoms with Crippen molar-refractivity contribution in [2.45, 2.75) is 63.6 Å². The molecule has 2 heterocycles. The molecule has 1 saturated heterocycles. The highest BCUT2D eigenvalue weighted by molar-refractivity contribution is 4.97. The molecule has 19 heavy (non-hydrogen) atoms. The Bertz CT molecular complexity index is 359. The van der Waals surface area contributed by atoms with Crippen molar-refractivity contribution in [1.82, 2.24) is 15.8 Å². The van der Waals surface area contributed by atoms with Crippen LogP contribution in [0.3, 0.4) is 0 Å². The first-order valence-corrected chi connectivity index (χ1v) is 7.79. The van der Waals surface area contributed by atoms with Gasteiger partial charge in [-0.1, -0.05) is 24.4 Å². The predicted molar refractivity (Wildman–Crippen MR) is 74.7 cm³/mol. The number of aromatic nitrogens is 1. The Hall–Kier alpha value is -0.870. The van der Waals surface area contributed by atoms with Crippen LogP contribution in [0.25, 0.3) is 0 Å². The van der Waals surface area contributed by atoms with Gasteiger partial charge in [0, 0.05) is 24.7 Å². The molecule has 4 nitrogen and oxygen atoms in total. The predicted octanol–water partition coefficient (Wildman–Crippen LogP) is 2.47. The number of nitrogens with one attached hydrogen (secondary N) is 2. The minimum atomic E-state index is 0.640. The fraction of sp³-hybridized carbons (Fsp3) is 0.800. The molecule has 0 bridgehead atoms. The van der Waals surface area contributed by atoms with Crippen LogP contribution in [0.15, 0.2) is 16.9 Å². The van der Waals surface area contributed by atoms with Gasteiger partial charge in [-0.15, -0.1) is 0 Å². The van der Waals surface area contributed by atoms with E-state index in [0.717, 1.165) is 24.2 Å². The van der Waals surface area contributed by atoms with Gasteiger partial charge in [0.1, 0.15) is 6.26 Å². The Labute approximate surface area is 115 Å². The molecule has 2 fully saturated rings. The van der Waals surface area contributed by atoms with Gasteiger partial charge in [0.05, 0.1) is 5.69 Å². The summed E-state index contributed by atoms with van der Waals surface area (Å²) in [6.45, 7) is 2.04. The lowest BCUT2D eigenvalue weighted by Gasteiger charge is -2.39. The molecule has 0 spiro atoms. The molecule has 1 aromatic rings. The monoisotopic (exact) mass is 263 g/mol. The van der Waals surface area contributed by atoms with Gasteiger partial charge in [-0.05, 0) is 38.1 Å². The van der Waals surface area contributed by atoms with Crippen molar-refractivity contribution in [3.63, 3.8) is 0 Å². The summed E-state index contributed by atoms with van der Waals surface area (Å²) < 4.78 is 4.90. The van der Waals surface area contributed by atoms with Crippen LogP contribution in [0.4, 0.5) is 0 Å². The number of rotatable bonds is 4. The average molecular weight is 263 g/mol. The van der Waals surface area contributed by atoms with Crippen molar-refractivity contribution in [2.75, 3.05) is 6.54 Å². The summed E-state index contributed by atoms with van der Waals surface area (Å²) in [5.74, 6) is 0.793. The zero-order valence-electron chi connectivity index (χ0n) is 11.6. The van der Waals surface area contributed by atoms with E-state index < -0.39 is 0 Å². The maximum atomic E-state index is 4.90. The van der Waals surface area contributed by atoms with Gasteiger partial charge < -0.3 is 15.2 Å². The van der Waals surface area contributed by atoms with Gasteiger partial charge in [0.25, 0.3) is 0 Å². The molecule has 0 aromatic carbocycles. The zero-order chi connectivity index (χ0) is 12.9. The lowest BCUT2D eigenvalue weighted by molar-refractivity contribution is 0.180. The molecule has 0 amide bonds. The summed E-state index contributed by atoms with van der Waals surface area (Å²) in [6.07, 6.45) is 11.2. The van der Waals surface area contributed by atoms with Crippen LogP contribution >= 0.6 is 0 Å². The second-order valence-electron chi connectivity index (χ2n) is 5.98. The number of nitrogens with zero attached hydrogens (tertiary/aromatic N) is 1. The summed E-state index contributed by atoms with van der Waals surface area (Å²) in [5, 5.41) is 11.4. The van der Waals surface area contributed by atoms with E-state index >= 15 is 0 Å². The third kappa shape index (κ3) is 3.37. The first-order valence-electron chi connectivity index (χ1n) is 7.79. The Morgan fingerprint density at radius 3 is 2.89 bits per heavy atom. The van der Waals surface area contributed by atoms with Gasteiger partial charge in [0.2, 0.25) is 0 Å². The first-order chi connectivity index (χ1) is 9.43. The van der Waals surface area contributed by atoms with E-state index in [-0.39, 0.29) is 0 Å². The standard InChI is InChI=1S/C15H25N3O/c1-2-6-15(17-11-12-8-10-19-18-12)13(5-1)14-7-3-4-9-16-14/h8,10,13-17H,1-7,9,11H2. The quantitative estimate of drug-likeness (QED) is 0.876. The molecule has 2 N–H and O–H groups in total. The highest BCUT2D eigenvalue weighted by Gasteiger charge is 2.32. The maximum Gasteiger partial charge on any atom is 0.124 e. The van der Waals surface area contributed by atoms with Gasteiger partial charge in [-0.2, -0.15) is 0 Å². The second-order valence-corrected chi connectivity index (χ2v) is 5.98. The van der Waals surface area contributed by atoms with E-state index in [9.17, 15) is 0 Å². The maximum absolute atomic E-state index is 4.90. The van der Waals surface area contributed by atoms with Gasteiger partial charge in [-0.3, -0.25) is 0 Å². The zero-order valence-corrected chi connectivity index (χ0v) is 11.6. The molecule has 1 saturated carbocycles. The molecule has 1 aliphatic carbocycles. The summed E-state index contributed by atoms with van der Waals surface area (Å²) in [5.41, 5.74) is 1.01. The SMILES string of the molecule is c1cc(CNC2CCCCC2C2CCCCN2)no1. The van der Waals surface area contributed by atoms with E-state index in [1.807, 2.05) is 6.07 Å². The summed E-state index contributed by atoms with van der Waals surface area (Å²) in [4.78, 5) is 0. The van der Waals surface area contributed by atoms with Gasteiger partial charge in [-0.25, -0.2) is 0 Å². The minimum Gasteiger partial charge on any atom is -0.364 e. The van der Waals surface area contributed by atoms with Crippen molar-refractivity contribution in [1.29, 1.82) is 0 Å². The normalized spacial score (nSPS) is 32.3. The topological polar surface area (TPSA) is 50.1 Å². The molecule has 3 atom stereocenters. The third-order valence-corrected chi connectivity index (χ3v) is 4.72. The smallest absolute Gasteiger partial charge is 0.124 e. The van der Waals surface area contributed by atoms with Crippen LogP contribution in [-0.4, -0.2) is 23.8 Å². The Kier molecular flexibility index (Phi) is 4.51. The Morgan fingerprint density at radius 2 is 2.11 bits per heavy atom. The molecular weight excluding hydrogens is 238 g/mol. The molecular formula is C15H25N3O. The molecule has 4 heteroatoms. The average Bonchev–Trinajstić information content (AvgIpc) is 3.00. The van der Waals surface area contributed by atoms with Crippen LogP contribution in [0, 0.1) is 5.92 Å². The summed E-state index contributed by atoms with van der Waals surface area (Å²) >= 11 is 0. The van der Waals surface area contributed by atoms with Crippen LogP contribution in [0.1, 0.15) is 50.6 Å². The third-order valence-electron chi connectivity index (χ3n) is 4.72. The van der Waals surface area contributed by atoms with E-state index in [1.165, 1.54) is 51.5 Å². The van der Waals surface area contributed by atoms with Gasteiger partial charge >= 0.3 is 0 Å². The fourth-order valence-corrected chi connectivity index (χ4v) is 3.70. The summed E-state index contributed by atoms with van der Waals surface area (Å²) in [6, 6.07) is 3.31. The van der Waals surface area contributed by atoms with Crippen molar-refractivity contribution in [3.8, 4) is 0 Å². The van der Waals surface area contributed by atoms with Crippen molar-refractivity contribution in [2.24, 2.45) is 5.92 Å². The van der Waals surface area contributed by atoms with Crippen molar-refractivity contribution in [3.05, 3.63) is 18.0 Å². The van der Waals surface area contributed by atoms with Crippen LogP contribution in [0.5, 0.6) is 0 Å². The van der Waals surface area contributed by atoms with Crippen LogP contribution < -0.4 is 10.6 Å². The second kappa shape index (κ2) is 6.53. The Balaban J connectivity index is 1.56. The number of piperidine rings is 1. The van der Waals surface area contributed by atoms with E-state index in [2.05, 4.69) is 15.8 Å². The lowest BCUT2D eigenvalue weighted by atomic mass is 9.77. The minimum absolute atomic E-state index is 0.640. The summed E-state index contributed by atoms with van der Waals surface area (Å²) in [7, 11) is 0. The molecule has 1 aliphatic heterocycles. The number of hydrogen-bond acceptors (Lipinski definition) is 4. The molecule has 3 unspecified atom stereocenters. The molecule has 2 aliphatic rings. The molecule has 3 rings (SSSR count). The van der Waals surface area contributed by atoms with Crippen molar-refractivity contribution < 1.29 is 4.52 Å². The molecule has 0 radical (unpaired) electrons. The lowest BCUT2D eigenvalue weighted by Crippen LogP contribution is -2.50. The highest BCUT2D eigenvalue weighted by Crippen LogP contribution is 2.30. The first kappa shape index (κ1) is 13.1. The van der Waals surface area contributed by atoms with Crippen molar-refractivity contribution >= 4 is 0 Å². The molecule has 106 valence electrons. The molecule has 1 aromatic heterocycles. The van der Waals surface area contributed by atoms with E-state index in [0.29, 0.717) is 6.04 Å².